The van der Waals surface area contributed by atoms with E-state index < -0.39 is 22.1 Å². The lowest BCUT2D eigenvalue weighted by Crippen LogP contribution is -2.40. The summed E-state index contributed by atoms with van der Waals surface area (Å²) in [7, 11) is -3.97. The zero-order chi connectivity index (χ0) is 23.6. The summed E-state index contributed by atoms with van der Waals surface area (Å²) in [4.78, 5) is 11.2. The second-order valence-electron chi connectivity index (χ2n) is 8.12. The summed E-state index contributed by atoms with van der Waals surface area (Å²) in [5, 5.41) is 22.2. The molecule has 0 bridgehead atoms. The molecule has 7 nitrogen and oxygen atoms in total. The molecular formula is C25H26N2O5S. The van der Waals surface area contributed by atoms with Crippen LogP contribution in [0.1, 0.15) is 12.0 Å². The van der Waals surface area contributed by atoms with Crippen LogP contribution in [0.3, 0.4) is 0 Å². The van der Waals surface area contributed by atoms with Gasteiger partial charge < -0.3 is 14.8 Å². The summed E-state index contributed by atoms with van der Waals surface area (Å²) in [6.45, 7) is 1.58. The molecule has 172 valence electrons. The molecule has 8 heteroatoms. The van der Waals surface area contributed by atoms with Crippen molar-refractivity contribution in [3.63, 3.8) is 0 Å². The predicted octanol–water partition coefficient (Wildman–Crippen LogP) is 3.63. The number of aliphatic hydroxyl groups excluding tert-OH is 1. The fourth-order valence-electron chi connectivity index (χ4n) is 4.09. The monoisotopic (exact) mass is 466 g/mol. The zero-order valence-electron chi connectivity index (χ0n) is 18.3. The van der Waals surface area contributed by atoms with Crippen molar-refractivity contribution in [3.8, 4) is 0 Å². The van der Waals surface area contributed by atoms with E-state index in [9.17, 15) is 18.3 Å². The molecule has 1 atom stereocenters. The number of rotatable bonds is 9. The number of aryl methyl sites for hydroxylation is 1. The van der Waals surface area contributed by atoms with Crippen LogP contribution in [0, 0.1) is 6.92 Å². The SMILES string of the molecule is Cc1ccc(S(=O)(=O)N(CCC(=O)O)CC(O)Cn2c3ccccc3c3ccccc32)cc1. The van der Waals surface area contributed by atoms with E-state index in [1.807, 2.05) is 60.0 Å². The van der Waals surface area contributed by atoms with Crippen molar-refractivity contribution in [2.75, 3.05) is 13.1 Å². The Morgan fingerprint density at radius 3 is 2.03 bits per heavy atom. The summed E-state index contributed by atoms with van der Waals surface area (Å²) in [6, 6.07) is 22.1. The van der Waals surface area contributed by atoms with Gasteiger partial charge in [-0.15, -0.1) is 0 Å². The fraction of sp³-hybridized carbons (Fsp3) is 0.240. The fourth-order valence-corrected chi connectivity index (χ4v) is 5.57. The van der Waals surface area contributed by atoms with Crippen molar-refractivity contribution in [1.29, 1.82) is 0 Å². The van der Waals surface area contributed by atoms with Gasteiger partial charge >= 0.3 is 5.97 Å². The van der Waals surface area contributed by atoms with Crippen molar-refractivity contribution < 1.29 is 23.4 Å². The number of carbonyl (C=O) groups is 1. The molecule has 0 amide bonds. The number of para-hydroxylation sites is 2. The maximum Gasteiger partial charge on any atom is 0.304 e. The van der Waals surface area contributed by atoms with Crippen LogP contribution in [0.5, 0.6) is 0 Å². The van der Waals surface area contributed by atoms with Crippen molar-refractivity contribution in [1.82, 2.24) is 8.87 Å². The number of aromatic nitrogens is 1. The highest BCUT2D eigenvalue weighted by molar-refractivity contribution is 7.89. The topological polar surface area (TPSA) is 99.8 Å². The van der Waals surface area contributed by atoms with Crippen LogP contribution in [0.4, 0.5) is 0 Å². The van der Waals surface area contributed by atoms with Gasteiger partial charge in [0, 0.05) is 34.9 Å². The predicted molar refractivity (Wildman–Crippen MR) is 128 cm³/mol. The first-order chi connectivity index (χ1) is 15.8. The van der Waals surface area contributed by atoms with Gasteiger partial charge in [0.15, 0.2) is 0 Å². The molecule has 1 aromatic heterocycles. The van der Waals surface area contributed by atoms with Crippen LogP contribution in [-0.2, 0) is 21.4 Å². The molecule has 0 saturated heterocycles. The van der Waals surface area contributed by atoms with E-state index in [1.54, 1.807) is 12.1 Å². The van der Waals surface area contributed by atoms with Crippen molar-refractivity contribution >= 4 is 37.8 Å². The molecule has 0 aliphatic carbocycles. The molecule has 4 aromatic rings. The Balaban J connectivity index is 1.64. The van der Waals surface area contributed by atoms with Gasteiger partial charge in [0.25, 0.3) is 0 Å². The minimum atomic E-state index is -3.97. The zero-order valence-corrected chi connectivity index (χ0v) is 19.1. The quantitative estimate of drug-likeness (QED) is 0.392. The molecule has 0 saturated carbocycles. The Labute approximate surface area is 192 Å². The molecule has 4 rings (SSSR count). The first-order valence-electron chi connectivity index (χ1n) is 10.7. The smallest absolute Gasteiger partial charge is 0.304 e. The summed E-state index contributed by atoms with van der Waals surface area (Å²) in [5.74, 6) is -1.10. The van der Waals surface area contributed by atoms with Crippen LogP contribution < -0.4 is 0 Å². The maximum atomic E-state index is 13.2. The van der Waals surface area contributed by atoms with Gasteiger partial charge in [0.1, 0.15) is 0 Å². The lowest BCUT2D eigenvalue weighted by Gasteiger charge is -2.25. The Morgan fingerprint density at radius 2 is 1.48 bits per heavy atom. The number of aliphatic hydroxyl groups is 1. The van der Waals surface area contributed by atoms with Crippen molar-refractivity contribution in [2.45, 2.75) is 30.9 Å². The summed E-state index contributed by atoms with van der Waals surface area (Å²) in [6.07, 6.45) is -1.40. The largest absolute Gasteiger partial charge is 0.481 e. The highest BCUT2D eigenvalue weighted by Gasteiger charge is 2.27. The van der Waals surface area contributed by atoms with Crippen LogP contribution in [0.15, 0.2) is 77.7 Å². The average molecular weight is 467 g/mol. The normalized spacial score (nSPS) is 13.1. The Morgan fingerprint density at radius 1 is 0.939 bits per heavy atom. The second-order valence-corrected chi connectivity index (χ2v) is 10.1. The maximum absolute atomic E-state index is 13.2. The summed E-state index contributed by atoms with van der Waals surface area (Å²) < 4.78 is 29.5. The van der Waals surface area contributed by atoms with Crippen molar-refractivity contribution in [2.24, 2.45) is 0 Å². The van der Waals surface area contributed by atoms with Crippen LogP contribution in [0.2, 0.25) is 0 Å². The molecule has 0 radical (unpaired) electrons. The highest BCUT2D eigenvalue weighted by atomic mass is 32.2. The van der Waals surface area contributed by atoms with E-state index in [-0.39, 0.29) is 31.0 Å². The van der Waals surface area contributed by atoms with Gasteiger partial charge in [-0.05, 0) is 31.2 Å². The van der Waals surface area contributed by atoms with Gasteiger partial charge in [-0.25, -0.2) is 8.42 Å². The highest BCUT2D eigenvalue weighted by Crippen LogP contribution is 2.29. The molecule has 0 aliphatic rings. The molecule has 0 fully saturated rings. The standard InChI is InChI=1S/C25H26N2O5S/c1-18-10-12-20(13-11-18)33(31,32)26(15-14-25(29)30)16-19(28)17-27-23-8-4-2-6-21(23)22-7-3-5-9-24(22)27/h2-13,19,28H,14-17H2,1H3,(H,29,30). The third-order valence-electron chi connectivity index (χ3n) is 5.72. The minimum absolute atomic E-state index is 0.0718. The Kier molecular flexibility index (Phi) is 6.51. The summed E-state index contributed by atoms with van der Waals surface area (Å²) >= 11 is 0. The van der Waals surface area contributed by atoms with Crippen LogP contribution in [-0.4, -0.2) is 52.7 Å². The number of sulfonamides is 1. The average Bonchev–Trinajstić information content (AvgIpc) is 3.10. The minimum Gasteiger partial charge on any atom is -0.481 e. The van der Waals surface area contributed by atoms with E-state index in [2.05, 4.69) is 0 Å². The molecular weight excluding hydrogens is 440 g/mol. The third-order valence-corrected chi connectivity index (χ3v) is 7.60. The van der Waals surface area contributed by atoms with E-state index in [4.69, 9.17) is 5.11 Å². The number of hydrogen-bond acceptors (Lipinski definition) is 4. The van der Waals surface area contributed by atoms with Gasteiger partial charge in [-0.3, -0.25) is 4.79 Å². The Bertz CT molecular complexity index is 1340. The molecule has 2 N–H and O–H groups in total. The lowest BCUT2D eigenvalue weighted by atomic mass is 10.2. The number of fused-ring (bicyclic) bond motifs is 3. The number of benzene rings is 3. The number of carboxylic acid groups (broad SMARTS) is 1. The number of aliphatic carboxylic acids is 1. The van der Waals surface area contributed by atoms with E-state index >= 15 is 0 Å². The molecule has 3 aromatic carbocycles. The lowest BCUT2D eigenvalue weighted by molar-refractivity contribution is -0.137. The van der Waals surface area contributed by atoms with Crippen LogP contribution >= 0.6 is 0 Å². The van der Waals surface area contributed by atoms with Gasteiger partial charge in [-0.2, -0.15) is 4.31 Å². The first-order valence-corrected chi connectivity index (χ1v) is 12.1. The van der Waals surface area contributed by atoms with E-state index in [0.29, 0.717) is 0 Å². The first kappa shape index (κ1) is 23.0. The van der Waals surface area contributed by atoms with Gasteiger partial charge in [0.05, 0.1) is 24.0 Å². The van der Waals surface area contributed by atoms with Crippen LogP contribution in [0.25, 0.3) is 21.8 Å². The van der Waals surface area contributed by atoms with Crippen molar-refractivity contribution in [3.05, 3.63) is 78.4 Å². The van der Waals surface area contributed by atoms with Gasteiger partial charge in [-0.1, -0.05) is 54.1 Å². The second kappa shape index (κ2) is 9.35. The number of nitrogens with zero attached hydrogens (tertiary/aromatic N) is 2. The number of carboxylic acids is 1. The molecule has 33 heavy (non-hydrogen) atoms. The summed E-state index contributed by atoms with van der Waals surface area (Å²) in [5.41, 5.74) is 2.80. The van der Waals surface area contributed by atoms with E-state index in [0.717, 1.165) is 31.7 Å². The van der Waals surface area contributed by atoms with Gasteiger partial charge in [0.2, 0.25) is 10.0 Å². The molecule has 0 aliphatic heterocycles. The molecule has 1 heterocycles. The number of hydrogen-bond donors (Lipinski definition) is 2. The molecule has 0 spiro atoms. The third kappa shape index (κ3) is 4.78. The Hall–Kier alpha value is -3.20. The molecule has 1 unspecified atom stereocenters. The van der Waals surface area contributed by atoms with E-state index in [1.165, 1.54) is 12.1 Å².